The monoisotopic (exact) mass is 269 g/mol. The number of amides is 2. The number of carbonyl (C=O) groups is 1. The SMILES string of the molecule is CC(NC(=O)NCCc1ccccc1)c1ccncc1. The van der Waals surface area contributed by atoms with Crippen LogP contribution in [0.15, 0.2) is 54.9 Å². The van der Waals surface area contributed by atoms with E-state index in [-0.39, 0.29) is 12.1 Å². The van der Waals surface area contributed by atoms with Gasteiger partial charge in [-0.1, -0.05) is 30.3 Å². The van der Waals surface area contributed by atoms with E-state index in [9.17, 15) is 4.79 Å². The Kier molecular flexibility index (Phi) is 5.12. The summed E-state index contributed by atoms with van der Waals surface area (Å²) in [6.07, 6.45) is 4.28. The minimum Gasteiger partial charge on any atom is -0.338 e. The molecule has 2 amide bonds. The van der Waals surface area contributed by atoms with Crippen molar-refractivity contribution in [1.29, 1.82) is 0 Å². The van der Waals surface area contributed by atoms with Crippen molar-refractivity contribution in [1.82, 2.24) is 15.6 Å². The number of nitrogens with one attached hydrogen (secondary N) is 2. The molecule has 0 aliphatic rings. The van der Waals surface area contributed by atoms with Crippen molar-refractivity contribution in [2.75, 3.05) is 6.54 Å². The summed E-state index contributed by atoms with van der Waals surface area (Å²) >= 11 is 0. The maximum Gasteiger partial charge on any atom is 0.315 e. The normalized spacial score (nSPS) is 11.7. The van der Waals surface area contributed by atoms with Gasteiger partial charge in [0.05, 0.1) is 6.04 Å². The van der Waals surface area contributed by atoms with Crippen LogP contribution in [0.2, 0.25) is 0 Å². The Morgan fingerprint density at radius 1 is 1.15 bits per heavy atom. The maximum absolute atomic E-state index is 11.8. The van der Waals surface area contributed by atoms with Gasteiger partial charge < -0.3 is 10.6 Å². The molecule has 1 aromatic heterocycles. The van der Waals surface area contributed by atoms with E-state index in [0.29, 0.717) is 6.54 Å². The molecule has 0 bridgehead atoms. The van der Waals surface area contributed by atoms with E-state index < -0.39 is 0 Å². The van der Waals surface area contributed by atoms with Gasteiger partial charge in [-0.25, -0.2) is 4.79 Å². The molecule has 1 heterocycles. The third-order valence-electron chi connectivity index (χ3n) is 3.10. The highest BCUT2D eigenvalue weighted by molar-refractivity contribution is 5.74. The molecule has 1 unspecified atom stereocenters. The first kappa shape index (κ1) is 14.1. The smallest absolute Gasteiger partial charge is 0.315 e. The lowest BCUT2D eigenvalue weighted by molar-refractivity contribution is 0.238. The lowest BCUT2D eigenvalue weighted by atomic mass is 10.1. The van der Waals surface area contributed by atoms with Crippen molar-refractivity contribution >= 4 is 6.03 Å². The highest BCUT2D eigenvalue weighted by atomic mass is 16.2. The van der Waals surface area contributed by atoms with E-state index in [1.165, 1.54) is 5.56 Å². The summed E-state index contributed by atoms with van der Waals surface area (Å²) in [4.78, 5) is 15.7. The lowest BCUT2D eigenvalue weighted by Crippen LogP contribution is -2.38. The number of hydrogen-bond acceptors (Lipinski definition) is 2. The summed E-state index contributed by atoms with van der Waals surface area (Å²) < 4.78 is 0. The zero-order valence-electron chi connectivity index (χ0n) is 11.5. The van der Waals surface area contributed by atoms with Gasteiger partial charge in [0.2, 0.25) is 0 Å². The molecule has 4 heteroatoms. The van der Waals surface area contributed by atoms with Gasteiger partial charge in [-0.2, -0.15) is 0 Å². The molecule has 2 N–H and O–H groups in total. The average Bonchev–Trinajstić information content (AvgIpc) is 2.49. The van der Waals surface area contributed by atoms with Gasteiger partial charge >= 0.3 is 6.03 Å². The molecule has 1 aromatic carbocycles. The zero-order chi connectivity index (χ0) is 14.2. The first-order valence-electron chi connectivity index (χ1n) is 6.74. The van der Waals surface area contributed by atoms with E-state index in [0.717, 1.165) is 12.0 Å². The quantitative estimate of drug-likeness (QED) is 0.876. The van der Waals surface area contributed by atoms with Crippen molar-refractivity contribution in [3.8, 4) is 0 Å². The van der Waals surface area contributed by atoms with Gasteiger partial charge in [0, 0.05) is 18.9 Å². The molecule has 2 aromatic rings. The molecule has 0 fully saturated rings. The number of aromatic nitrogens is 1. The van der Waals surface area contributed by atoms with Crippen LogP contribution in [0.25, 0.3) is 0 Å². The molecule has 0 saturated carbocycles. The Balaban J connectivity index is 1.73. The van der Waals surface area contributed by atoms with Crippen LogP contribution in [0.1, 0.15) is 24.1 Å². The number of rotatable bonds is 5. The first-order chi connectivity index (χ1) is 9.75. The fraction of sp³-hybridized carbons (Fsp3) is 0.250. The van der Waals surface area contributed by atoms with E-state index in [1.807, 2.05) is 37.3 Å². The summed E-state index contributed by atoms with van der Waals surface area (Å²) in [6, 6.07) is 13.7. The summed E-state index contributed by atoms with van der Waals surface area (Å²) in [7, 11) is 0. The van der Waals surface area contributed by atoms with Gasteiger partial charge in [-0.3, -0.25) is 4.98 Å². The largest absolute Gasteiger partial charge is 0.338 e. The Morgan fingerprint density at radius 3 is 2.55 bits per heavy atom. The fourth-order valence-corrected chi connectivity index (χ4v) is 1.95. The Morgan fingerprint density at radius 2 is 1.85 bits per heavy atom. The van der Waals surface area contributed by atoms with E-state index in [2.05, 4.69) is 27.8 Å². The van der Waals surface area contributed by atoms with Crippen molar-refractivity contribution in [2.24, 2.45) is 0 Å². The molecule has 0 aliphatic heterocycles. The van der Waals surface area contributed by atoms with Crippen LogP contribution in [-0.2, 0) is 6.42 Å². The Labute approximate surface area is 119 Å². The second-order valence-corrected chi connectivity index (χ2v) is 4.64. The molecule has 0 radical (unpaired) electrons. The van der Waals surface area contributed by atoms with E-state index >= 15 is 0 Å². The molecule has 0 saturated heterocycles. The highest BCUT2D eigenvalue weighted by Crippen LogP contribution is 2.09. The van der Waals surface area contributed by atoms with Crippen LogP contribution < -0.4 is 10.6 Å². The van der Waals surface area contributed by atoms with E-state index in [1.54, 1.807) is 12.4 Å². The zero-order valence-corrected chi connectivity index (χ0v) is 11.5. The topological polar surface area (TPSA) is 54.0 Å². The van der Waals surface area contributed by atoms with Crippen molar-refractivity contribution in [3.63, 3.8) is 0 Å². The molecular formula is C16H19N3O. The van der Waals surface area contributed by atoms with Crippen molar-refractivity contribution in [3.05, 3.63) is 66.0 Å². The van der Waals surface area contributed by atoms with Crippen LogP contribution in [0, 0.1) is 0 Å². The number of benzene rings is 1. The number of hydrogen-bond donors (Lipinski definition) is 2. The molecule has 0 spiro atoms. The molecule has 0 aliphatic carbocycles. The summed E-state index contributed by atoms with van der Waals surface area (Å²) in [5, 5.41) is 5.77. The average molecular weight is 269 g/mol. The fourth-order valence-electron chi connectivity index (χ4n) is 1.95. The third kappa shape index (κ3) is 4.39. The molecule has 20 heavy (non-hydrogen) atoms. The minimum atomic E-state index is -0.148. The number of pyridine rings is 1. The van der Waals surface area contributed by atoms with Gasteiger partial charge in [-0.15, -0.1) is 0 Å². The highest BCUT2D eigenvalue weighted by Gasteiger charge is 2.08. The molecule has 2 rings (SSSR count). The van der Waals surface area contributed by atoms with Crippen LogP contribution >= 0.6 is 0 Å². The minimum absolute atomic E-state index is 0.0327. The Hall–Kier alpha value is -2.36. The maximum atomic E-state index is 11.8. The second kappa shape index (κ2) is 7.28. The predicted molar refractivity (Wildman–Crippen MR) is 79.3 cm³/mol. The summed E-state index contributed by atoms with van der Waals surface area (Å²) in [5.74, 6) is 0. The van der Waals surface area contributed by atoms with Gasteiger partial charge in [0.15, 0.2) is 0 Å². The molecule has 1 atom stereocenters. The van der Waals surface area contributed by atoms with Crippen LogP contribution in [0.4, 0.5) is 4.79 Å². The van der Waals surface area contributed by atoms with E-state index in [4.69, 9.17) is 0 Å². The first-order valence-corrected chi connectivity index (χ1v) is 6.74. The Bertz CT molecular complexity index is 528. The predicted octanol–water partition coefficient (Wildman–Crippen LogP) is 2.68. The number of nitrogens with zero attached hydrogens (tertiary/aromatic N) is 1. The van der Waals surface area contributed by atoms with Crippen molar-refractivity contribution in [2.45, 2.75) is 19.4 Å². The molecule has 104 valence electrons. The summed E-state index contributed by atoms with van der Waals surface area (Å²) in [5.41, 5.74) is 2.26. The second-order valence-electron chi connectivity index (χ2n) is 4.64. The van der Waals surface area contributed by atoms with Crippen LogP contribution in [0.5, 0.6) is 0 Å². The summed E-state index contributed by atoms with van der Waals surface area (Å²) in [6.45, 7) is 2.57. The van der Waals surface area contributed by atoms with Crippen LogP contribution in [0.3, 0.4) is 0 Å². The van der Waals surface area contributed by atoms with Crippen LogP contribution in [-0.4, -0.2) is 17.6 Å². The van der Waals surface area contributed by atoms with Gasteiger partial charge in [0.1, 0.15) is 0 Å². The van der Waals surface area contributed by atoms with Crippen molar-refractivity contribution < 1.29 is 4.79 Å². The number of carbonyl (C=O) groups excluding carboxylic acids is 1. The van der Waals surface area contributed by atoms with Gasteiger partial charge in [-0.05, 0) is 36.6 Å². The molecule has 4 nitrogen and oxygen atoms in total. The van der Waals surface area contributed by atoms with Gasteiger partial charge in [0.25, 0.3) is 0 Å². The number of urea groups is 1. The standard InChI is InChI=1S/C16H19N3O/c1-13(15-8-10-17-11-9-15)19-16(20)18-12-7-14-5-3-2-4-6-14/h2-6,8-11,13H,7,12H2,1H3,(H2,18,19,20). The third-order valence-corrected chi connectivity index (χ3v) is 3.10. The molecular weight excluding hydrogens is 250 g/mol. The lowest BCUT2D eigenvalue weighted by Gasteiger charge is -2.14.